The molecule has 5 heteroatoms. The largest absolute Gasteiger partial charge is 0.375 e. The van der Waals surface area contributed by atoms with E-state index in [1.54, 1.807) is 0 Å². The molecule has 1 amide bonds. The maximum Gasteiger partial charge on any atom is 0.225 e. The van der Waals surface area contributed by atoms with Crippen molar-refractivity contribution in [2.45, 2.75) is 88.9 Å². The van der Waals surface area contributed by atoms with E-state index in [9.17, 15) is 4.79 Å². The van der Waals surface area contributed by atoms with Gasteiger partial charge in [0.25, 0.3) is 0 Å². The van der Waals surface area contributed by atoms with Gasteiger partial charge in [0.15, 0.2) is 0 Å². The average Bonchev–Trinajstić information content (AvgIpc) is 3.08. The molecule has 0 aromatic carbocycles. The summed E-state index contributed by atoms with van der Waals surface area (Å²) in [6.45, 7) is 1.79. The summed E-state index contributed by atoms with van der Waals surface area (Å²) in [5, 5.41) is 0. The first-order valence-corrected chi connectivity index (χ1v) is 10.4. The molecule has 2 atom stereocenters. The number of piperidine rings is 1. The second kappa shape index (κ2) is 8.58. The molecule has 4 rings (SSSR count). The number of hydrogen-bond acceptors (Lipinski definition) is 3. The number of fused-ring (bicyclic) bond motifs is 2. The Morgan fingerprint density at radius 2 is 1.40 bits per heavy atom. The summed E-state index contributed by atoms with van der Waals surface area (Å²) >= 11 is 0. The highest BCUT2D eigenvalue weighted by atomic mass is 35.5. The van der Waals surface area contributed by atoms with Crippen molar-refractivity contribution in [2.24, 2.45) is 23.5 Å². The van der Waals surface area contributed by atoms with Crippen LogP contribution in [0.1, 0.15) is 70.6 Å². The number of nitrogens with zero attached hydrogens (tertiary/aromatic N) is 1. The van der Waals surface area contributed by atoms with Gasteiger partial charge in [-0.15, -0.1) is 12.4 Å². The number of amides is 1. The van der Waals surface area contributed by atoms with Crippen molar-refractivity contribution in [1.29, 1.82) is 0 Å². The summed E-state index contributed by atoms with van der Waals surface area (Å²) in [5.74, 6) is 1.84. The summed E-state index contributed by atoms with van der Waals surface area (Å²) in [6.07, 6.45) is 13.9. The maximum atomic E-state index is 13.0. The summed E-state index contributed by atoms with van der Waals surface area (Å²) < 4.78 is 6.25. The molecule has 4 aliphatic rings. The van der Waals surface area contributed by atoms with Crippen LogP contribution in [-0.2, 0) is 9.53 Å². The van der Waals surface area contributed by atoms with Gasteiger partial charge in [0.2, 0.25) is 5.91 Å². The van der Waals surface area contributed by atoms with Crippen LogP contribution < -0.4 is 5.73 Å². The zero-order valence-electron chi connectivity index (χ0n) is 15.4. The Labute approximate surface area is 158 Å². The van der Waals surface area contributed by atoms with Crippen molar-refractivity contribution in [1.82, 2.24) is 4.90 Å². The number of ether oxygens (including phenoxy) is 1. The van der Waals surface area contributed by atoms with Gasteiger partial charge >= 0.3 is 0 Å². The molecule has 2 N–H and O–H groups in total. The number of carbonyl (C=O) groups is 1. The predicted molar refractivity (Wildman–Crippen MR) is 102 cm³/mol. The van der Waals surface area contributed by atoms with Gasteiger partial charge in [-0.3, -0.25) is 4.79 Å². The van der Waals surface area contributed by atoms with Crippen LogP contribution >= 0.6 is 12.4 Å². The summed E-state index contributed by atoms with van der Waals surface area (Å²) in [4.78, 5) is 15.1. The fraction of sp³-hybridized carbons (Fsp3) is 0.950. The third kappa shape index (κ3) is 4.33. The molecule has 144 valence electrons. The number of rotatable bonds is 3. The first-order valence-electron chi connectivity index (χ1n) is 10.4. The van der Waals surface area contributed by atoms with Gasteiger partial charge in [-0.05, 0) is 63.2 Å². The molecule has 0 aromatic rings. The lowest BCUT2D eigenvalue weighted by Gasteiger charge is -2.45. The SMILES string of the molecule is Cl.NC1C2CCCC1CC(C(=O)N1CCC(OC3CCCC3)CC1)C2. The third-order valence-electron chi connectivity index (χ3n) is 7.20. The lowest BCUT2D eigenvalue weighted by Crippen LogP contribution is -2.51. The van der Waals surface area contributed by atoms with Gasteiger partial charge in [-0.25, -0.2) is 0 Å². The van der Waals surface area contributed by atoms with Crippen molar-refractivity contribution in [3.8, 4) is 0 Å². The zero-order chi connectivity index (χ0) is 16.5. The molecule has 0 spiro atoms. The minimum absolute atomic E-state index is 0. The van der Waals surface area contributed by atoms with Crippen LogP contribution in [0.3, 0.4) is 0 Å². The Morgan fingerprint density at radius 1 is 0.840 bits per heavy atom. The second-order valence-electron chi connectivity index (χ2n) is 8.76. The normalized spacial score (nSPS) is 36.9. The molecule has 4 fully saturated rings. The van der Waals surface area contributed by atoms with E-state index in [-0.39, 0.29) is 18.3 Å². The first-order chi connectivity index (χ1) is 11.7. The summed E-state index contributed by atoms with van der Waals surface area (Å²) in [5.41, 5.74) is 6.38. The minimum atomic E-state index is 0. The van der Waals surface area contributed by atoms with E-state index in [4.69, 9.17) is 10.5 Å². The maximum absolute atomic E-state index is 13.0. The smallest absolute Gasteiger partial charge is 0.225 e. The third-order valence-corrected chi connectivity index (χ3v) is 7.20. The average molecular weight is 371 g/mol. The molecule has 2 bridgehead atoms. The van der Waals surface area contributed by atoms with E-state index < -0.39 is 0 Å². The highest BCUT2D eigenvalue weighted by Gasteiger charge is 2.42. The molecule has 4 nitrogen and oxygen atoms in total. The fourth-order valence-electron chi connectivity index (χ4n) is 5.76. The number of carbonyl (C=O) groups excluding carboxylic acids is 1. The lowest BCUT2D eigenvalue weighted by atomic mass is 9.65. The first kappa shape index (κ1) is 19.4. The highest BCUT2D eigenvalue weighted by molar-refractivity contribution is 5.85. The van der Waals surface area contributed by atoms with Crippen molar-refractivity contribution in [3.05, 3.63) is 0 Å². The molecule has 1 aliphatic heterocycles. The van der Waals surface area contributed by atoms with Crippen LogP contribution in [0.15, 0.2) is 0 Å². The van der Waals surface area contributed by atoms with E-state index in [0.29, 0.717) is 36.0 Å². The molecule has 3 saturated carbocycles. The van der Waals surface area contributed by atoms with Crippen LogP contribution in [-0.4, -0.2) is 42.1 Å². The molecule has 0 radical (unpaired) electrons. The second-order valence-corrected chi connectivity index (χ2v) is 8.76. The number of nitrogens with two attached hydrogens (primary N) is 1. The monoisotopic (exact) mass is 370 g/mol. The molecule has 3 aliphatic carbocycles. The number of hydrogen-bond donors (Lipinski definition) is 1. The standard InChI is InChI=1S/C20H34N2O2.ClH/c21-19-14-4-3-5-15(19)13-16(12-14)20(23)22-10-8-18(9-11-22)24-17-6-1-2-7-17;/h14-19H,1-13,21H2;1H. The van der Waals surface area contributed by atoms with Gasteiger partial charge < -0.3 is 15.4 Å². The van der Waals surface area contributed by atoms with Crippen molar-refractivity contribution in [2.75, 3.05) is 13.1 Å². The molecule has 1 saturated heterocycles. The molecule has 0 aromatic heterocycles. The molecular weight excluding hydrogens is 336 g/mol. The minimum Gasteiger partial charge on any atom is -0.375 e. The molecular formula is C20H35ClN2O2. The quantitative estimate of drug-likeness (QED) is 0.827. The Morgan fingerprint density at radius 3 is 2.00 bits per heavy atom. The Bertz CT molecular complexity index is 433. The van der Waals surface area contributed by atoms with E-state index in [2.05, 4.69) is 4.90 Å². The van der Waals surface area contributed by atoms with Crippen LogP contribution in [0, 0.1) is 17.8 Å². The van der Waals surface area contributed by atoms with Crippen LogP contribution in [0.5, 0.6) is 0 Å². The number of likely N-dealkylation sites (tertiary alicyclic amines) is 1. The van der Waals surface area contributed by atoms with Gasteiger partial charge in [-0.2, -0.15) is 0 Å². The van der Waals surface area contributed by atoms with E-state index in [0.717, 1.165) is 38.8 Å². The Hall–Kier alpha value is -0.320. The fourth-order valence-corrected chi connectivity index (χ4v) is 5.76. The van der Waals surface area contributed by atoms with Gasteiger partial charge in [0.05, 0.1) is 12.2 Å². The van der Waals surface area contributed by atoms with Crippen LogP contribution in [0.2, 0.25) is 0 Å². The van der Waals surface area contributed by atoms with Crippen LogP contribution in [0.25, 0.3) is 0 Å². The molecule has 1 heterocycles. The van der Waals surface area contributed by atoms with Crippen LogP contribution in [0.4, 0.5) is 0 Å². The molecule has 2 unspecified atom stereocenters. The Balaban J connectivity index is 0.00000182. The Kier molecular flexibility index (Phi) is 6.67. The highest BCUT2D eigenvalue weighted by Crippen LogP contribution is 2.42. The molecule has 25 heavy (non-hydrogen) atoms. The zero-order valence-corrected chi connectivity index (χ0v) is 16.2. The van der Waals surface area contributed by atoms with Crippen molar-refractivity contribution in [3.63, 3.8) is 0 Å². The predicted octanol–water partition coefficient (Wildman–Crippen LogP) is 3.51. The topological polar surface area (TPSA) is 55.6 Å². The summed E-state index contributed by atoms with van der Waals surface area (Å²) in [6, 6.07) is 0.355. The number of halogens is 1. The van der Waals surface area contributed by atoms with E-state index >= 15 is 0 Å². The lowest BCUT2D eigenvalue weighted by molar-refractivity contribution is -0.142. The van der Waals surface area contributed by atoms with Gasteiger partial charge in [0.1, 0.15) is 0 Å². The van der Waals surface area contributed by atoms with Gasteiger partial charge in [-0.1, -0.05) is 19.3 Å². The van der Waals surface area contributed by atoms with E-state index in [1.165, 1.54) is 44.9 Å². The van der Waals surface area contributed by atoms with Gasteiger partial charge in [0, 0.05) is 25.0 Å². The summed E-state index contributed by atoms with van der Waals surface area (Å²) in [7, 11) is 0. The van der Waals surface area contributed by atoms with Crippen molar-refractivity contribution < 1.29 is 9.53 Å². The van der Waals surface area contributed by atoms with Crippen molar-refractivity contribution >= 4 is 18.3 Å². The van der Waals surface area contributed by atoms with E-state index in [1.807, 2.05) is 0 Å².